The third kappa shape index (κ3) is 3.90. The Labute approximate surface area is 213 Å². The molecule has 6 rings (SSSR count). The van der Waals surface area contributed by atoms with Gasteiger partial charge in [0, 0.05) is 48.3 Å². The number of piperidine rings is 1. The Morgan fingerprint density at radius 3 is 2.59 bits per heavy atom. The molecular weight excluding hydrogens is 476 g/mol. The van der Waals surface area contributed by atoms with Gasteiger partial charge < -0.3 is 14.8 Å². The SMILES string of the molecule is CC1C(=O)N(C)Cc2c(-c3cccc4nc(-c5cnn(C)c5)c(C(F)F)cc34)nc(C3CCNCC3)n21. The quantitative estimate of drug-likeness (QED) is 0.444. The van der Waals surface area contributed by atoms with Crippen molar-refractivity contribution in [2.45, 2.75) is 44.7 Å². The maximum Gasteiger partial charge on any atom is 0.265 e. The number of halogens is 2. The standard InChI is InChI=1S/C27H29F2N7O/c1-15-27(37)34(2)14-22-24(33-26(36(15)22)16-7-9-30-10-8-16)18-5-4-6-21-19(18)11-20(25(28)29)23(32-21)17-12-31-35(3)13-17/h4-6,11-13,15-16,25,30H,7-10,14H2,1-3H3. The number of aryl methyl sites for hydroxylation is 1. The first-order valence-electron chi connectivity index (χ1n) is 12.6. The fraction of sp³-hybridized carbons (Fsp3) is 0.407. The Morgan fingerprint density at radius 1 is 1.11 bits per heavy atom. The Bertz CT molecular complexity index is 1500. The summed E-state index contributed by atoms with van der Waals surface area (Å²) in [5, 5.41) is 8.15. The first kappa shape index (κ1) is 23.7. The van der Waals surface area contributed by atoms with E-state index in [2.05, 4.69) is 20.0 Å². The minimum Gasteiger partial charge on any atom is -0.338 e. The highest BCUT2D eigenvalue weighted by molar-refractivity contribution is 5.96. The number of fused-ring (bicyclic) bond motifs is 2. The van der Waals surface area contributed by atoms with Gasteiger partial charge in [-0.2, -0.15) is 5.10 Å². The van der Waals surface area contributed by atoms with Gasteiger partial charge in [-0.3, -0.25) is 9.48 Å². The summed E-state index contributed by atoms with van der Waals surface area (Å²) < 4.78 is 32.3. The molecule has 0 spiro atoms. The predicted molar refractivity (Wildman–Crippen MR) is 136 cm³/mol. The third-order valence-corrected chi connectivity index (χ3v) is 7.61. The molecule has 0 radical (unpaired) electrons. The summed E-state index contributed by atoms with van der Waals surface area (Å²) in [6.07, 6.45) is 2.41. The zero-order valence-corrected chi connectivity index (χ0v) is 21.1. The summed E-state index contributed by atoms with van der Waals surface area (Å²) in [5.74, 6) is 1.19. The number of likely N-dealkylation sites (N-methyl/N-ethyl adjacent to an activating group) is 1. The van der Waals surface area contributed by atoms with Crippen LogP contribution < -0.4 is 5.32 Å². The van der Waals surface area contributed by atoms with Crippen LogP contribution in [0.3, 0.4) is 0 Å². The van der Waals surface area contributed by atoms with Gasteiger partial charge in [0.25, 0.3) is 6.43 Å². The largest absolute Gasteiger partial charge is 0.338 e. The van der Waals surface area contributed by atoms with Crippen molar-refractivity contribution in [3.8, 4) is 22.5 Å². The first-order chi connectivity index (χ1) is 17.8. The van der Waals surface area contributed by atoms with Crippen LogP contribution in [0.5, 0.6) is 0 Å². The van der Waals surface area contributed by atoms with Crippen molar-refractivity contribution in [3.05, 3.63) is 53.7 Å². The van der Waals surface area contributed by atoms with Gasteiger partial charge in [0.15, 0.2) is 0 Å². The first-order valence-corrected chi connectivity index (χ1v) is 12.6. The van der Waals surface area contributed by atoms with Gasteiger partial charge in [0.1, 0.15) is 11.9 Å². The summed E-state index contributed by atoms with van der Waals surface area (Å²) in [4.78, 5) is 24.5. The molecule has 1 N–H and O–H groups in total. The fourth-order valence-electron chi connectivity index (χ4n) is 5.74. The van der Waals surface area contributed by atoms with Crippen LogP contribution in [0.4, 0.5) is 8.78 Å². The molecule has 10 heteroatoms. The smallest absolute Gasteiger partial charge is 0.265 e. The predicted octanol–water partition coefficient (Wildman–Crippen LogP) is 4.44. The average Bonchev–Trinajstić information content (AvgIpc) is 3.50. The normalized spacial score (nSPS) is 18.7. The molecule has 1 fully saturated rings. The van der Waals surface area contributed by atoms with Gasteiger partial charge in [0.2, 0.25) is 5.91 Å². The van der Waals surface area contributed by atoms with E-state index in [-0.39, 0.29) is 29.1 Å². The van der Waals surface area contributed by atoms with Crippen LogP contribution in [0.2, 0.25) is 0 Å². The monoisotopic (exact) mass is 505 g/mol. The molecule has 0 bridgehead atoms. The highest BCUT2D eigenvalue weighted by Crippen LogP contribution is 2.40. The molecule has 1 saturated heterocycles. The average molecular weight is 506 g/mol. The molecule has 192 valence electrons. The van der Waals surface area contributed by atoms with E-state index < -0.39 is 6.43 Å². The summed E-state index contributed by atoms with van der Waals surface area (Å²) in [7, 11) is 3.54. The number of hydrogen-bond acceptors (Lipinski definition) is 5. The Balaban J connectivity index is 1.58. The molecular formula is C27H29F2N7O. The summed E-state index contributed by atoms with van der Waals surface area (Å²) in [6, 6.07) is 6.81. The molecule has 0 saturated carbocycles. The van der Waals surface area contributed by atoms with E-state index in [1.54, 1.807) is 42.1 Å². The lowest BCUT2D eigenvalue weighted by Gasteiger charge is -2.33. The van der Waals surface area contributed by atoms with Crippen LogP contribution >= 0.6 is 0 Å². The number of carbonyl (C=O) groups excluding carboxylic acids is 1. The van der Waals surface area contributed by atoms with Crippen LogP contribution in [0.15, 0.2) is 36.7 Å². The highest BCUT2D eigenvalue weighted by atomic mass is 19.3. The van der Waals surface area contributed by atoms with Gasteiger partial charge in [-0.25, -0.2) is 18.7 Å². The summed E-state index contributed by atoms with van der Waals surface area (Å²) >= 11 is 0. The van der Waals surface area contributed by atoms with Gasteiger partial charge in [-0.1, -0.05) is 12.1 Å². The topological polar surface area (TPSA) is 80.9 Å². The fourth-order valence-corrected chi connectivity index (χ4v) is 5.74. The molecule has 1 amide bonds. The number of carbonyl (C=O) groups is 1. The number of alkyl halides is 2. The third-order valence-electron chi connectivity index (χ3n) is 7.61. The Morgan fingerprint density at radius 2 is 1.89 bits per heavy atom. The van der Waals surface area contributed by atoms with Crippen LogP contribution in [0.25, 0.3) is 33.4 Å². The number of amides is 1. The molecule has 2 aliphatic heterocycles. The second-order valence-corrected chi connectivity index (χ2v) is 10.0. The summed E-state index contributed by atoms with van der Waals surface area (Å²) in [6.45, 7) is 4.13. The van der Waals surface area contributed by atoms with Gasteiger partial charge in [-0.15, -0.1) is 0 Å². The van der Waals surface area contributed by atoms with Crippen molar-refractivity contribution in [1.29, 1.82) is 0 Å². The van der Waals surface area contributed by atoms with Gasteiger partial charge in [-0.05, 0) is 45.0 Å². The van der Waals surface area contributed by atoms with Crippen LogP contribution in [0.1, 0.15) is 55.2 Å². The van der Waals surface area contributed by atoms with Crippen molar-refractivity contribution in [3.63, 3.8) is 0 Å². The van der Waals surface area contributed by atoms with E-state index in [1.165, 1.54) is 0 Å². The van der Waals surface area contributed by atoms with Crippen LogP contribution in [-0.2, 0) is 18.4 Å². The van der Waals surface area contributed by atoms with E-state index in [4.69, 9.17) is 4.98 Å². The van der Waals surface area contributed by atoms with Crippen molar-refractivity contribution in [2.24, 2.45) is 7.05 Å². The van der Waals surface area contributed by atoms with E-state index >= 15 is 0 Å². The van der Waals surface area contributed by atoms with Crippen molar-refractivity contribution < 1.29 is 13.6 Å². The molecule has 1 aromatic carbocycles. The van der Waals surface area contributed by atoms with Gasteiger partial charge in [0.05, 0.1) is 35.3 Å². The molecule has 0 aliphatic carbocycles. The zero-order valence-electron chi connectivity index (χ0n) is 21.1. The molecule has 4 aromatic rings. The van der Waals surface area contributed by atoms with E-state index in [1.807, 2.05) is 25.1 Å². The summed E-state index contributed by atoms with van der Waals surface area (Å²) in [5.41, 5.74) is 3.68. The number of pyridine rings is 1. The maximum absolute atomic E-state index is 14.3. The van der Waals surface area contributed by atoms with Crippen LogP contribution in [-0.4, -0.2) is 55.3 Å². The minimum atomic E-state index is -2.70. The van der Waals surface area contributed by atoms with Crippen LogP contribution in [0, 0.1) is 0 Å². The van der Waals surface area contributed by atoms with Crippen molar-refractivity contribution >= 4 is 16.8 Å². The lowest BCUT2D eigenvalue weighted by molar-refractivity contribution is -0.135. The Hall–Kier alpha value is -3.66. The molecule has 1 unspecified atom stereocenters. The number of imidazole rings is 1. The number of rotatable bonds is 4. The van der Waals surface area contributed by atoms with E-state index in [9.17, 15) is 13.6 Å². The van der Waals surface area contributed by atoms with Crippen molar-refractivity contribution in [2.75, 3.05) is 20.1 Å². The molecule has 2 aliphatic rings. The molecule has 5 heterocycles. The highest BCUT2D eigenvalue weighted by Gasteiger charge is 2.36. The number of benzene rings is 1. The second-order valence-electron chi connectivity index (χ2n) is 10.0. The molecule has 3 aromatic heterocycles. The lowest BCUT2D eigenvalue weighted by atomic mass is 9.96. The maximum atomic E-state index is 14.3. The molecule has 8 nitrogen and oxygen atoms in total. The second kappa shape index (κ2) is 9.02. The van der Waals surface area contributed by atoms with E-state index in [0.29, 0.717) is 23.0 Å². The number of aromatic nitrogens is 5. The number of nitrogens with zero attached hydrogens (tertiary/aromatic N) is 6. The van der Waals surface area contributed by atoms with E-state index in [0.717, 1.165) is 48.7 Å². The number of hydrogen-bond donors (Lipinski definition) is 1. The lowest BCUT2D eigenvalue weighted by Crippen LogP contribution is -2.40. The Kier molecular flexibility index (Phi) is 5.78. The van der Waals surface area contributed by atoms with Crippen molar-refractivity contribution in [1.82, 2.24) is 34.5 Å². The van der Waals surface area contributed by atoms with Gasteiger partial charge >= 0.3 is 0 Å². The molecule has 37 heavy (non-hydrogen) atoms. The molecule has 1 atom stereocenters. The minimum absolute atomic E-state index is 0.0484. The number of nitrogens with one attached hydrogen (secondary N) is 1. The zero-order chi connectivity index (χ0) is 25.8.